The average molecular weight is 297 g/mol. The first-order chi connectivity index (χ1) is 9.56. The Balaban J connectivity index is 1.78. The van der Waals surface area contributed by atoms with Crippen molar-refractivity contribution in [3.8, 4) is 0 Å². The van der Waals surface area contributed by atoms with Gasteiger partial charge in [-0.25, -0.2) is 13.8 Å². The Bertz CT molecular complexity index is 643. The molecule has 1 atom stereocenters. The maximum atomic E-state index is 13.7. The molecule has 0 unspecified atom stereocenters. The van der Waals surface area contributed by atoms with Crippen molar-refractivity contribution in [1.82, 2.24) is 15.6 Å². The minimum absolute atomic E-state index is 0.0810. The number of benzene rings is 1. The second-order valence-electron chi connectivity index (χ2n) is 4.78. The zero-order valence-electron chi connectivity index (χ0n) is 10.5. The molecule has 1 aliphatic heterocycles. The monoisotopic (exact) mass is 297 g/mol. The third kappa shape index (κ3) is 2.51. The Hall–Kier alpha value is -1.60. The molecule has 1 aromatic heterocycles. The van der Waals surface area contributed by atoms with Crippen LogP contribution in [0.1, 0.15) is 16.8 Å². The fourth-order valence-electron chi connectivity index (χ4n) is 2.22. The van der Waals surface area contributed by atoms with Crippen LogP contribution in [0.4, 0.5) is 8.78 Å². The molecule has 1 aromatic carbocycles. The largest absolute Gasteiger partial charge is 0.342 e. The predicted octanol–water partition coefficient (Wildman–Crippen LogP) is 2.02. The molecule has 0 saturated carbocycles. The third-order valence-corrected chi connectivity index (χ3v) is 4.20. The number of rotatable bonds is 2. The van der Waals surface area contributed by atoms with Crippen LogP contribution in [0.3, 0.4) is 0 Å². The summed E-state index contributed by atoms with van der Waals surface area (Å²) >= 11 is 1.47. The lowest BCUT2D eigenvalue weighted by Gasteiger charge is -2.32. The molecular weight excluding hydrogens is 284 g/mol. The van der Waals surface area contributed by atoms with E-state index in [-0.39, 0.29) is 19.5 Å². The number of fused-ring (bicyclic) bond motifs is 1. The van der Waals surface area contributed by atoms with Crippen molar-refractivity contribution in [3.05, 3.63) is 29.3 Å². The number of nitrogens with one attached hydrogen (secondary N) is 2. The first-order valence-corrected chi connectivity index (χ1v) is 7.17. The molecular formula is C13H13F2N3OS. The summed E-state index contributed by atoms with van der Waals surface area (Å²) in [5.74, 6) is -3.36. The molecule has 106 valence electrons. The van der Waals surface area contributed by atoms with Gasteiger partial charge in [0.1, 0.15) is 6.04 Å². The minimum Gasteiger partial charge on any atom is -0.342 e. The van der Waals surface area contributed by atoms with E-state index in [9.17, 15) is 13.6 Å². The molecule has 0 bridgehead atoms. The lowest BCUT2D eigenvalue weighted by atomic mass is 10.0. The third-order valence-electron chi connectivity index (χ3n) is 3.39. The van der Waals surface area contributed by atoms with Crippen LogP contribution in [0.2, 0.25) is 0 Å². The first kappa shape index (κ1) is 13.4. The van der Waals surface area contributed by atoms with Gasteiger partial charge in [-0.2, -0.15) is 0 Å². The second-order valence-corrected chi connectivity index (χ2v) is 5.66. The summed E-state index contributed by atoms with van der Waals surface area (Å²) in [7, 11) is 0. The van der Waals surface area contributed by atoms with Gasteiger partial charge in [0.25, 0.3) is 11.8 Å². The molecule has 4 nitrogen and oxygen atoms in total. The zero-order chi connectivity index (χ0) is 14.2. The Morgan fingerprint density at radius 1 is 1.50 bits per heavy atom. The van der Waals surface area contributed by atoms with E-state index < -0.39 is 17.9 Å². The van der Waals surface area contributed by atoms with Crippen molar-refractivity contribution in [2.24, 2.45) is 0 Å². The molecule has 7 heteroatoms. The molecule has 0 aliphatic carbocycles. The van der Waals surface area contributed by atoms with E-state index in [1.807, 2.05) is 0 Å². The Morgan fingerprint density at radius 2 is 2.35 bits per heavy atom. The van der Waals surface area contributed by atoms with Gasteiger partial charge >= 0.3 is 0 Å². The average Bonchev–Trinajstić information content (AvgIpc) is 2.88. The summed E-state index contributed by atoms with van der Waals surface area (Å²) in [5.41, 5.74) is 2.74. The lowest BCUT2D eigenvalue weighted by Crippen LogP contribution is -2.57. The molecule has 2 aromatic rings. The number of halogens is 2. The maximum absolute atomic E-state index is 13.7. The van der Waals surface area contributed by atoms with E-state index in [0.717, 1.165) is 4.70 Å². The number of piperidine rings is 1. The van der Waals surface area contributed by atoms with Gasteiger partial charge in [0, 0.05) is 25.1 Å². The number of carbonyl (C=O) groups is 1. The van der Waals surface area contributed by atoms with Crippen molar-refractivity contribution >= 4 is 27.5 Å². The van der Waals surface area contributed by atoms with Gasteiger partial charge in [-0.1, -0.05) is 0 Å². The fourth-order valence-corrected chi connectivity index (χ4v) is 2.88. The van der Waals surface area contributed by atoms with Gasteiger partial charge in [-0.05, 0) is 18.2 Å². The Morgan fingerprint density at radius 3 is 3.15 bits per heavy atom. The molecule has 3 rings (SSSR count). The fraction of sp³-hybridized carbons (Fsp3) is 0.385. The van der Waals surface area contributed by atoms with Crippen LogP contribution in [0.25, 0.3) is 10.2 Å². The highest BCUT2D eigenvalue weighted by atomic mass is 32.1. The van der Waals surface area contributed by atoms with Crippen molar-refractivity contribution in [3.63, 3.8) is 0 Å². The Labute approximate surface area is 118 Å². The maximum Gasteiger partial charge on any atom is 0.270 e. The van der Waals surface area contributed by atoms with Gasteiger partial charge in [-0.3, -0.25) is 4.79 Å². The second kappa shape index (κ2) is 5.06. The minimum atomic E-state index is -2.87. The van der Waals surface area contributed by atoms with Crippen molar-refractivity contribution in [2.75, 3.05) is 13.1 Å². The van der Waals surface area contributed by atoms with Crippen LogP contribution >= 0.6 is 11.3 Å². The highest BCUT2D eigenvalue weighted by Gasteiger charge is 2.42. The topological polar surface area (TPSA) is 54.0 Å². The van der Waals surface area contributed by atoms with Crippen molar-refractivity contribution in [2.45, 2.75) is 18.4 Å². The van der Waals surface area contributed by atoms with Gasteiger partial charge in [-0.15, -0.1) is 11.3 Å². The molecule has 2 heterocycles. The van der Waals surface area contributed by atoms with Gasteiger partial charge in [0.15, 0.2) is 0 Å². The van der Waals surface area contributed by atoms with Crippen LogP contribution in [-0.2, 0) is 0 Å². The highest BCUT2D eigenvalue weighted by molar-refractivity contribution is 7.16. The SMILES string of the molecule is O=C(N[C@@H]1CNCCC1(F)F)c1ccc2scnc2c1. The smallest absolute Gasteiger partial charge is 0.270 e. The number of hydrogen-bond acceptors (Lipinski definition) is 4. The van der Waals surface area contributed by atoms with Crippen molar-refractivity contribution < 1.29 is 13.6 Å². The molecule has 0 spiro atoms. The number of hydrogen-bond donors (Lipinski definition) is 2. The van der Waals surface area contributed by atoms with E-state index in [1.54, 1.807) is 23.7 Å². The van der Waals surface area contributed by atoms with E-state index in [4.69, 9.17) is 0 Å². The number of carbonyl (C=O) groups excluding carboxylic acids is 1. The summed E-state index contributed by atoms with van der Waals surface area (Å²) in [6, 6.07) is 3.86. The van der Waals surface area contributed by atoms with Gasteiger partial charge in [0.2, 0.25) is 0 Å². The number of alkyl halides is 2. The van der Waals surface area contributed by atoms with E-state index in [1.165, 1.54) is 11.3 Å². The number of amides is 1. The molecule has 1 fully saturated rings. The first-order valence-electron chi connectivity index (χ1n) is 6.29. The lowest BCUT2D eigenvalue weighted by molar-refractivity contribution is -0.0542. The molecule has 0 radical (unpaired) electrons. The molecule has 1 saturated heterocycles. The number of thiazole rings is 1. The summed E-state index contributed by atoms with van der Waals surface area (Å²) in [4.78, 5) is 16.2. The van der Waals surface area contributed by atoms with E-state index in [2.05, 4.69) is 15.6 Å². The van der Waals surface area contributed by atoms with Crippen LogP contribution in [0.5, 0.6) is 0 Å². The molecule has 1 aliphatic rings. The van der Waals surface area contributed by atoms with Crippen LogP contribution < -0.4 is 10.6 Å². The Kier molecular flexibility index (Phi) is 3.39. The zero-order valence-corrected chi connectivity index (χ0v) is 11.3. The standard InChI is InChI=1S/C13H13F2N3OS/c14-13(15)3-4-16-6-11(13)18-12(19)8-1-2-10-9(5-8)17-7-20-10/h1-2,5,7,11,16H,3-4,6H2,(H,18,19)/t11-/m1/s1. The van der Waals surface area contributed by atoms with E-state index in [0.29, 0.717) is 11.1 Å². The van der Waals surface area contributed by atoms with Crippen molar-refractivity contribution in [1.29, 1.82) is 0 Å². The highest BCUT2D eigenvalue weighted by Crippen LogP contribution is 2.25. The number of nitrogens with zero attached hydrogens (tertiary/aromatic N) is 1. The summed E-state index contributed by atoms with van der Waals surface area (Å²) in [5, 5.41) is 5.27. The summed E-state index contributed by atoms with van der Waals surface area (Å²) in [6.45, 7) is 0.349. The van der Waals surface area contributed by atoms with E-state index >= 15 is 0 Å². The molecule has 20 heavy (non-hydrogen) atoms. The van der Waals surface area contributed by atoms with Crippen LogP contribution in [0, 0.1) is 0 Å². The predicted molar refractivity (Wildman–Crippen MR) is 73.3 cm³/mol. The summed E-state index contributed by atoms with van der Waals surface area (Å²) in [6.07, 6.45) is -0.261. The normalized spacial score (nSPS) is 21.8. The van der Waals surface area contributed by atoms with Gasteiger partial charge in [0.05, 0.1) is 15.7 Å². The molecule has 1 amide bonds. The van der Waals surface area contributed by atoms with Crippen LogP contribution in [0.15, 0.2) is 23.7 Å². The quantitative estimate of drug-likeness (QED) is 0.892. The number of aromatic nitrogens is 1. The van der Waals surface area contributed by atoms with Gasteiger partial charge < -0.3 is 10.6 Å². The summed E-state index contributed by atoms with van der Waals surface area (Å²) < 4.78 is 28.3. The van der Waals surface area contributed by atoms with Crippen LogP contribution in [-0.4, -0.2) is 35.9 Å². The molecule has 2 N–H and O–H groups in total.